The first kappa shape index (κ1) is 11.4. The quantitative estimate of drug-likeness (QED) is 0.780. The lowest BCUT2D eigenvalue weighted by molar-refractivity contribution is 0.0793. The molecule has 0 unspecified atom stereocenters. The summed E-state index contributed by atoms with van der Waals surface area (Å²) in [6.45, 7) is 4.74. The molecule has 0 radical (unpaired) electrons. The molecule has 4 nitrogen and oxygen atoms in total. The monoisotopic (exact) mass is 221 g/mol. The summed E-state index contributed by atoms with van der Waals surface area (Å²) in [6.07, 6.45) is 3.39. The van der Waals surface area contributed by atoms with Gasteiger partial charge in [-0.25, -0.2) is 4.98 Å². The molecule has 1 aromatic rings. The van der Waals surface area contributed by atoms with Gasteiger partial charge >= 0.3 is 0 Å². The number of nitrogens with zero attached hydrogens (tertiary/aromatic N) is 2. The summed E-state index contributed by atoms with van der Waals surface area (Å²) in [5.41, 5.74) is 8.08. The highest BCUT2D eigenvalue weighted by atomic mass is 16.3. The van der Waals surface area contributed by atoms with Crippen LogP contribution in [0.15, 0.2) is 12.3 Å². The van der Waals surface area contributed by atoms with Crippen LogP contribution in [-0.4, -0.2) is 34.2 Å². The Morgan fingerprint density at radius 3 is 2.88 bits per heavy atom. The van der Waals surface area contributed by atoms with E-state index in [1.54, 1.807) is 6.20 Å². The van der Waals surface area contributed by atoms with Crippen molar-refractivity contribution in [2.24, 2.45) is 0 Å². The van der Waals surface area contributed by atoms with E-state index >= 15 is 0 Å². The number of nitrogens with two attached hydrogens (primary N) is 1. The average Bonchev–Trinajstić information content (AvgIpc) is 2.27. The van der Waals surface area contributed by atoms with E-state index in [0.717, 1.165) is 43.6 Å². The van der Waals surface area contributed by atoms with Gasteiger partial charge in [-0.05, 0) is 31.4 Å². The van der Waals surface area contributed by atoms with Crippen molar-refractivity contribution in [1.82, 2.24) is 9.88 Å². The van der Waals surface area contributed by atoms with Gasteiger partial charge in [-0.2, -0.15) is 0 Å². The van der Waals surface area contributed by atoms with E-state index in [0.29, 0.717) is 5.82 Å². The van der Waals surface area contributed by atoms with E-state index < -0.39 is 0 Å². The molecule has 0 saturated carbocycles. The Bertz CT molecular complexity index is 359. The molecule has 1 aliphatic rings. The fourth-order valence-electron chi connectivity index (χ4n) is 2.09. The van der Waals surface area contributed by atoms with Crippen molar-refractivity contribution < 1.29 is 5.11 Å². The molecule has 2 heterocycles. The number of rotatable bonds is 2. The molecule has 0 aromatic carbocycles. The minimum atomic E-state index is -0.121. The van der Waals surface area contributed by atoms with Crippen molar-refractivity contribution in [3.8, 4) is 0 Å². The fourth-order valence-corrected chi connectivity index (χ4v) is 2.09. The molecule has 1 aliphatic heterocycles. The van der Waals surface area contributed by atoms with Crippen molar-refractivity contribution in [3.05, 3.63) is 23.4 Å². The van der Waals surface area contributed by atoms with Gasteiger partial charge in [0.15, 0.2) is 0 Å². The van der Waals surface area contributed by atoms with Gasteiger partial charge in [-0.15, -0.1) is 0 Å². The number of aromatic nitrogens is 1. The number of aryl methyl sites for hydroxylation is 1. The molecular weight excluding hydrogens is 202 g/mol. The topological polar surface area (TPSA) is 62.4 Å². The lowest BCUT2D eigenvalue weighted by Gasteiger charge is -2.29. The first-order chi connectivity index (χ1) is 7.65. The Morgan fingerprint density at radius 1 is 1.50 bits per heavy atom. The van der Waals surface area contributed by atoms with Gasteiger partial charge in [0.2, 0.25) is 0 Å². The van der Waals surface area contributed by atoms with Gasteiger partial charge in [0, 0.05) is 31.4 Å². The fraction of sp³-hybridized carbons (Fsp3) is 0.583. The standard InChI is InChI=1S/C12H19N3O/c1-9-6-10(12(13)14-7-9)8-15-4-2-11(16)3-5-15/h6-7,11,16H,2-5,8H2,1H3,(H2,13,14). The summed E-state index contributed by atoms with van der Waals surface area (Å²) < 4.78 is 0. The molecule has 1 fully saturated rings. The van der Waals surface area contributed by atoms with Crippen LogP contribution < -0.4 is 5.73 Å². The van der Waals surface area contributed by atoms with Gasteiger partial charge in [0.05, 0.1) is 6.10 Å². The van der Waals surface area contributed by atoms with Crippen LogP contribution >= 0.6 is 0 Å². The number of aliphatic hydroxyl groups is 1. The smallest absolute Gasteiger partial charge is 0.127 e. The third kappa shape index (κ3) is 2.71. The first-order valence-electron chi connectivity index (χ1n) is 5.76. The van der Waals surface area contributed by atoms with Gasteiger partial charge < -0.3 is 10.8 Å². The van der Waals surface area contributed by atoms with Crippen LogP contribution in [0.5, 0.6) is 0 Å². The predicted octanol–water partition coefficient (Wildman–Crippen LogP) is 0.929. The van der Waals surface area contributed by atoms with Crippen molar-refractivity contribution >= 4 is 5.82 Å². The minimum Gasteiger partial charge on any atom is -0.393 e. The minimum absolute atomic E-state index is 0.121. The Kier molecular flexibility index (Phi) is 3.41. The molecule has 0 atom stereocenters. The molecule has 2 rings (SSSR count). The van der Waals surface area contributed by atoms with Crippen LogP contribution in [-0.2, 0) is 6.54 Å². The van der Waals surface area contributed by atoms with Crippen LogP contribution in [0.2, 0.25) is 0 Å². The highest BCUT2D eigenvalue weighted by Gasteiger charge is 2.17. The van der Waals surface area contributed by atoms with Gasteiger partial charge in [-0.3, -0.25) is 4.90 Å². The molecule has 3 N–H and O–H groups in total. The number of likely N-dealkylation sites (tertiary alicyclic amines) is 1. The normalized spacial score (nSPS) is 18.9. The molecule has 0 bridgehead atoms. The third-order valence-electron chi connectivity index (χ3n) is 3.09. The molecule has 0 aliphatic carbocycles. The van der Waals surface area contributed by atoms with Crippen molar-refractivity contribution in [3.63, 3.8) is 0 Å². The lowest BCUT2D eigenvalue weighted by Crippen LogP contribution is -2.35. The Balaban J connectivity index is 2.00. The van der Waals surface area contributed by atoms with E-state index in [1.807, 2.05) is 6.92 Å². The van der Waals surface area contributed by atoms with Crippen molar-refractivity contribution in [2.45, 2.75) is 32.4 Å². The summed E-state index contributed by atoms with van der Waals surface area (Å²) >= 11 is 0. The molecule has 16 heavy (non-hydrogen) atoms. The number of pyridine rings is 1. The number of anilines is 1. The van der Waals surface area contributed by atoms with Crippen LogP contribution in [0, 0.1) is 6.92 Å². The average molecular weight is 221 g/mol. The highest BCUT2D eigenvalue weighted by molar-refractivity contribution is 5.40. The molecule has 0 amide bonds. The second kappa shape index (κ2) is 4.80. The second-order valence-corrected chi connectivity index (χ2v) is 4.56. The molecule has 1 aromatic heterocycles. The Labute approximate surface area is 96.1 Å². The zero-order chi connectivity index (χ0) is 11.5. The number of hydrogen-bond acceptors (Lipinski definition) is 4. The number of aliphatic hydroxyl groups excluding tert-OH is 1. The van der Waals surface area contributed by atoms with E-state index in [1.165, 1.54) is 0 Å². The maximum Gasteiger partial charge on any atom is 0.127 e. The summed E-state index contributed by atoms with van der Waals surface area (Å²) in [4.78, 5) is 6.48. The summed E-state index contributed by atoms with van der Waals surface area (Å²) in [6, 6.07) is 2.09. The Hall–Kier alpha value is -1.13. The van der Waals surface area contributed by atoms with Gasteiger partial charge in [-0.1, -0.05) is 0 Å². The van der Waals surface area contributed by atoms with Gasteiger partial charge in [0.25, 0.3) is 0 Å². The van der Waals surface area contributed by atoms with Crippen molar-refractivity contribution in [1.29, 1.82) is 0 Å². The summed E-state index contributed by atoms with van der Waals surface area (Å²) in [5, 5.41) is 9.43. The van der Waals surface area contributed by atoms with Crippen LogP contribution in [0.3, 0.4) is 0 Å². The number of nitrogen functional groups attached to an aromatic ring is 1. The zero-order valence-electron chi connectivity index (χ0n) is 9.69. The van der Waals surface area contributed by atoms with E-state index in [9.17, 15) is 5.11 Å². The van der Waals surface area contributed by atoms with Crippen LogP contribution in [0.4, 0.5) is 5.82 Å². The van der Waals surface area contributed by atoms with E-state index in [4.69, 9.17) is 5.73 Å². The molecular formula is C12H19N3O. The van der Waals surface area contributed by atoms with Crippen molar-refractivity contribution in [2.75, 3.05) is 18.8 Å². The van der Waals surface area contributed by atoms with Gasteiger partial charge in [0.1, 0.15) is 5.82 Å². The number of hydrogen-bond donors (Lipinski definition) is 2. The van der Waals surface area contributed by atoms with Crippen LogP contribution in [0.1, 0.15) is 24.0 Å². The third-order valence-corrected chi connectivity index (χ3v) is 3.09. The van der Waals surface area contributed by atoms with Crippen LogP contribution in [0.25, 0.3) is 0 Å². The van der Waals surface area contributed by atoms with E-state index in [-0.39, 0.29) is 6.10 Å². The predicted molar refractivity (Wildman–Crippen MR) is 63.9 cm³/mol. The Morgan fingerprint density at radius 2 is 2.19 bits per heavy atom. The van der Waals surface area contributed by atoms with E-state index in [2.05, 4.69) is 16.0 Å². The molecule has 0 spiro atoms. The maximum atomic E-state index is 9.43. The summed E-state index contributed by atoms with van der Waals surface area (Å²) in [5.74, 6) is 0.622. The second-order valence-electron chi connectivity index (χ2n) is 4.56. The molecule has 4 heteroatoms. The lowest BCUT2D eigenvalue weighted by atomic mass is 10.1. The first-order valence-corrected chi connectivity index (χ1v) is 5.76. The summed E-state index contributed by atoms with van der Waals surface area (Å²) in [7, 11) is 0. The zero-order valence-corrected chi connectivity index (χ0v) is 9.69. The highest BCUT2D eigenvalue weighted by Crippen LogP contribution is 2.17. The molecule has 1 saturated heterocycles. The maximum absolute atomic E-state index is 9.43. The largest absolute Gasteiger partial charge is 0.393 e. The molecule has 88 valence electrons. The SMILES string of the molecule is Cc1cnc(N)c(CN2CCC(O)CC2)c1. The number of piperidine rings is 1.